The molecule has 48 heavy (non-hydrogen) atoms. The lowest BCUT2D eigenvalue weighted by atomic mass is 9.71. The molecule has 0 fully saturated rings. The number of Topliss-reactive ketones (excluding diaryl/α,β-unsaturated/α-hetero) is 1. The molecule has 0 radical (unpaired) electrons. The van der Waals surface area contributed by atoms with Gasteiger partial charge in [0.2, 0.25) is 0 Å². The van der Waals surface area contributed by atoms with E-state index in [1.165, 1.54) is 0 Å². The largest absolute Gasteiger partial charge is 0.497 e. The molecular formula is C41H33N3O4. The second-order valence-electron chi connectivity index (χ2n) is 12.8. The van der Waals surface area contributed by atoms with Crippen LogP contribution in [0, 0.1) is 0 Å². The van der Waals surface area contributed by atoms with Crippen molar-refractivity contribution in [3.05, 3.63) is 138 Å². The van der Waals surface area contributed by atoms with E-state index in [0.29, 0.717) is 39.2 Å². The lowest BCUT2D eigenvalue weighted by Gasteiger charge is -2.31. The predicted molar refractivity (Wildman–Crippen MR) is 188 cm³/mol. The first-order chi connectivity index (χ1) is 23.3. The van der Waals surface area contributed by atoms with Gasteiger partial charge >= 0.3 is 0 Å². The maximum absolute atomic E-state index is 14.9. The van der Waals surface area contributed by atoms with Crippen LogP contribution in [-0.4, -0.2) is 40.0 Å². The summed E-state index contributed by atoms with van der Waals surface area (Å²) in [5.74, 6) is 1.10. The van der Waals surface area contributed by atoms with Crippen LogP contribution in [-0.2, 0) is 5.41 Å². The van der Waals surface area contributed by atoms with Crippen molar-refractivity contribution < 1.29 is 19.1 Å². The molecule has 0 saturated heterocycles. The van der Waals surface area contributed by atoms with Crippen LogP contribution in [0.5, 0.6) is 11.5 Å². The Bertz CT molecular complexity index is 2370. The number of ether oxygens (including phenoxy) is 2. The number of ketones is 2. The Kier molecular flexibility index (Phi) is 6.81. The normalized spacial score (nSPS) is 13.6. The van der Waals surface area contributed by atoms with Crippen LogP contribution in [0.4, 0.5) is 0 Å². The van der Waals surface area contributed by atoms with Gasteiger partial charge in [0, 0.05) is 34.9 Å². The maximum Gasteiger partial charge on any atom is 0.194 e. The summed E-state index contributed by atoms with van der Waals surface area (Å²) in [7, 11) is 3.25. The zero-order valence-electron chi connectivity index (χ0n) is 27.2. The minimum atomic E-state index is -0.512. The molecule has 4 aromatic carbocycles. The Morgan fingerprint density at radius 1 is 0.771 bits per heavy atom. The maximum atomic E-state index is 14.9. The third kappa shape index (κ3) is 4.46. The third-order valence-electron chi connectivity index (χ3n) is 9.42. The van der Waals surface area contributed by atoms with Gasteiger partial charge in [-0.3, -0.25) is 14.0 Å². The van der Waals surface area contributed by atoms with Gasteiger partial charge in [-0.1, -0.05) is 74.5 Å². The fourth-order valence-electron chi connectivity index (χ4n) is 7.21. The molecule has 1 aliphatic carbocycles. The SMILES string of the molecule is COc1ccc(C(=O)c2c3c4c(c(-c5ccc(OC)cc5)cn4c4c2c(-c2ccccc2)nn4-c2ccccc2)C(C)(C)CC3=O)cc1. The summed E-state index contributed by atoms with van der Waals surface area (Å²) in [6.45, 7) is 4.21. The van der Waals surface area contributed by atoms with Crippen molar-refractivity contribution in [3.63, 3.8) is 0 Å². The number of hydrogen-bond donors (Lipinski definition) is 0. The van der Waals surface area contributed by atoms with E-state index in [4.69, 9.17) is 14.6 Å². The zero-order valence-corrected chi connectivity index (χ0v) is 27.2. The molecule has 0 N–H and O–H groups in total. The molecule has 7 nitrogen and oxygen atoms in total. The molecular weight excluding hydrogens is 598 g/mol. The number of rotatable bonds is 7. The molecule has 0 saturated carbocycles. The van der Waals surface area contributed by atoms with Gasteiger partial charge in [0.15, 0.2) is 11.6 Å². The minimum Gasteiger partial charge on any atom is -0.497 e. The fourth-order valence-corrected chi connectivity index (χ4v) is 7.21. The average Bonchev–Trinajstić information content (AvgIpc) is 3.72. The first-order valence-electron chi connectivity index (χ1n) is 15.9. The Morgan fingerprint density at radius 2 is 1.38 bits per heavy atom. The summed E-state index contributed by atoms with van der Waals surface area (Å²) >= 11 is 0. The van der Waals surface area contributed by atoms with E-state index in [1.54, 1.807) is 38.5 Å². The fraction of sp³-hybridized carbons (Fsp3) is 0.146. The van der Waals surface area contributed by atoms with Crippen molar-refractivity contribution in [2.24, 2.45) is 0 Å². The molecule has 7 heteroatoms. The Hall–Kier alpha value is -5.95. The summed E-state index contributed by atoms with van der Waals surface area (Å²) in [5.41, 5.74) is 7.52. The highest BCUT2D eigenvalue weighted by Gasteiger charge is 2.42. The predicted octanol–water partition coefficient (Wildman–Crippen LogP) is 8.72. The van der Waals surface area contributed by atoms with E-state index in [-0.39, 0.29) is 18.0 Å². The van der Waals surface area contributed by atoms with Crippen molar-refractivity contribution >= 4 is 28.1 Å². The molecule has 0 aliphatic heterocycles. The van der Waals surface area contributed by atoms with Crippen molar-refractivity contribution in [1.82, 2.24) is 14.2 Å². The van der Waals surface area contributed by atoms with Crippen LogP contribution in [0.25, 0.3) is 44.6 Å². The molecule has 8 rings (SSSR count). The summed E-state index contributed by atoms with van der Waals surface area (Å²) in [6.07, 6.45) is 2.36. The molecule has 3 heterocycles. The van der Waals surface area contributed by atoms with Gasteiger partial charge in [-0.2, -0.15) is 5.10 Å². The molecule has 7 aromatic rings. The van der Waals surface area contributed by atoms with Crippen LogP contribution < -0.4 is 9.47 Å². The molecule has 0 unspecified atom stereocenters. The molecule has 0 atom stereocenters. The van der Waals surface area contributed by atoms with Gasteiger partial charge in [-0.25, -0.2) is 4.68 Å². The average molecular weight is 632 g/mol. The Balaban J connectivity index is 1.59. The minimum absolute atomic E-state index is 0.0675. The van der Waals surface area contributed by atoms with E-state index < -0.39 is 5.41 Å². The number of hydrogen-bond acceptors (Lipinski definition) is 5. The summed E-state index contributed by atoms with van der Waals surface area (Å²) < 4.78 is 14.9. The number of fused-ring (bicyclic) bond motifs is 2. The van der Waals surface area contributed by atoms with E-state index in [9.17, 15) is 9.59 Å². The number of benzene rings is 4. The van der Waals surface area contributed by atoms with Crippen LogP contribution in [0.2, 0.25) is 0 Å². The number of carbonyl (C=O) groups excluding carboxylic acids is 2. The quantitative estimate of drug-likeness (QED) is 0.165. The number of nitrogens with zero attached hydrogens (tertiary/aromatic N) is 3. The molecule has 0 spiro atoms. The van der Waals surface area contributed by atoms with Crippen molar-refractivity contribution in [3.8, 4) is 39.6 Å². The van der Waals surface area contributed by atoms with Gasteiger partial charge < -0.3 is 9.47 Å². The number of aromatic nitrogens is 3. The van der Waals surface area contributed by atoms with Gasteiger partial charge in [0.05, 0.1) is 36.4 Å². The van der Waals surface area contributed by atoms with E-state index in [2.05, 4.69) is 24.4 Å². The van der Waals surface area contributed by atoms with Crippen molar-refractivity contribution in [1.29, 1.82) is 0 Å². The zero-order chi connectivity index (χ0) is 33.2. The number of methoxy groups -OCH3 is 2. The van der Waals surface area contributed by atoms with E-state index in [1.807, 2.05) is 89.6 Å². The summed E-state index contributed by atoms with van der Waals surface area (Å²) in [5, 5.41) is 5.86. The highest BCUT2D eigenvalue weighted by molar-refractivity contribution is 6.27. The first kappa shape index (κ1) is 29.5. The number of para-hydroxylation sites is 1. The van der Waals surface area contributed by atoms with Gasteiger partial charge in [0.1, 0.15) is 22.8 Å². The molecule has 0 bridgehead atoms. The van der Waals surface area contributed by atoms with Gasteiger partial charge in [0.25, 0.3) is 0 Å². The molecule has 1 aliphatic rings. The van der Waals surface area contributed by atoms with E-state index >= 15 is 0 Å². The highest BCUT2D eigenvalue weighted by Crippen LogP contribution is 2.49. The van der Waals surface area contributed by atoms with Crippen molar-refractivity contribution in [2.75, 3.05) is 14.2 Å². The van der Waals surface area contributed by atoms with Crippen LogP contribution in [0.3, 0.4) is 0 Å². The van der Waals surface area contributed by atoms with Crippen molar-refractivity contribution in [2.45, 2.75) is 25.7 Å². The summed E-state index contributed by atoms with van der Waals surface area (Å²) in [4.78, 5) is 29.5. The van der Waals surface area contributed by atoms with Crippen LogP contribution in [0.1, 0.15) is 52.1 Å². The molecule has 3 aromatic heterocycles. The lowest BCUT2D eigenvalue weighted by molar-refractivity contribution is 0.0943. The molecule has 236 valence electrons. The number of pyridine rings is 1. The lowest BCUT2D eigenvalue weighted by Crippen LogP contribution is -2.29. The van der Waals surface area contributed by atoms with Gasteiger partial charge in [-0.05, 0) is 65.1 Å². The summed E-state index contributed by atoms with van der Waals surface area (Å²) in [6, 6.07) is 34.8. The van der Waals surface area contributed by atoms with Crippen LogP contribution >= 0.6 is 0 Å². The monoisotopic (exact) mass is 631 g/mol. The van der Waals surface area contributed by atoms with Gasteiger partial charge in [-0.15, -0.1) is 0 Å². The smallest absolute Gasteiger partial charge is 0.194 e. The second kappa shape index (κ2) is 11.1. The number of carbonyl (C=O) groups is 2. The Morgan fingerprint density at radius 3 is 2.00 bits per heavy atom. The standard InChI is InChI=1S/C41H33N3O4/c1-41(2)23-32(45)33-34(39(46)27-17-21-30(48-4)22-18-27)35-37(26-11-7-5-8-12-26)42-44(28-13-9-6-10-14-28)40(35)43-24-31(36(41)38(33)43)25-15-19-29(47-3)20-16-25/h5-22,24H,23H2,1-4H3. The topological polar surface area (TPSA) is 74.8 Å². The van der Waals surface area contributed by atoms with E-state index in [0.717, 1.165) is 39.2 Å². The highest BCUT2D eigenvalue weighted by atomic mass is 16.5. The second-order valence-corrected chi connectivity index (χ2v) is 12.8. The van der Waals surface area contributed by atoms with Crippen LogP contribution in [0.15, 0.2) is 115 Å². The Labute approximate surface area is 278 Å². The third-order valence-corrected chi connectivity index (χ3v) is 9.42. The molecule has 0 amide bonds. The first-order valence-corrected chi connectivity index (χ1v) is 15.9.